The van der Waals surface area contributed by atoms with E-state index in [0.29, 0.717) is 33.7 Å². The van der Waals surface area contributed by atoms with Gasteiger partial charge < -0.3 is 10.1 Å². The topological polar surface area (TPSA) is 90.3 Å². The van der Waals surface area contributed by atoms with Gasteiger partial charge in [0, 0.05) is 19.5 Å². The summed E-state index contributed by atoms with van der Waals surface area (Å²) in [6.45, 7) is 2.56. The Balaban J connectivity index is 1.32. The van der Waals surface area contributed by atoms with Gasteiger partial charge in [-0.1, -0.05) is 30.3 Å². The molecule has 1 aliphatic heterocycles. The minimum Gasteiger partial charge on any atom is -0.451 e. The lowest BCUT2D eigenvalue weighted by Crippen LogP contribution is -2.29. The molecule has 0 aliphatic carbocycles. The molecule has 1 aromatic carbocycles. The van der Waals surface area contributed by atoms with Crippen LogP contribution in [0.25, 0.3) is 10.2 Å². The third-order valence-electron chi connectivity index (χ3n) is 5.24. The average Bonchev–Trinajstić information content (AvgIpc) is 3.35. The van der Waals surface area contributed by atoms with Crippen molar-refractivity contribution in [1.29, 1.82) is 0 Å². The predicted octanol–water partition coefficient (Wildman–Crippen LogP) is 2.62. The van der Waals surface area contributed by atoms with Crippen molar-refractivity contribution in [3.05, 3.63) is 62.5 Å². The fourth-order valence-electron chi connectivity index (χ4n) is 3.68. The summed E-state index contributed by atoms with van der Waals surface area (Å²) in [6.07, 6.45) is 3.36. The zero-order valence-electron chi connectivity index (χ0n) is 16.8. The van der Waals surface area contributed by atoms with Crippen LogP contribution in [0.4, 0.5) is 0 Å². The number of amides is 1. The first kappa shape index (κ1) is 20.3. The van der Waals surface area contributed by atoms with E-state index in [2.05, 4.69) is 10.3 Å². The summed E-state index contributed by atoms with van der Waals surface area (Å²) in [5, 5.41) is 3.24. The van der Waals surface area contributed by atoms with Crippen LogP contribution in [0.15, 0.2) is 35.1 Å². The largest absolute Gasteiger partial charge is 0.451 e. The Bertz CT molecular complexity index is 1150. The lowest BCUT2D eigenvalue weighted by atomic mass is 10.1. The van der Waals surface area contributed by atoms with Gasteiger partial charge in [0.1, 0.15) is 15.5 Å². The van der Waals surface area contributed by atoms with Crippen LogP contribution in [0.1, 0.15) is 39.5 Å². The summed E-state index contributed by atoms with van der Waals surface area (Å²) in [5.74, 6) is -0.171. The van der Waals surface area contributed by atoms with E-state index < -0.39 is 5.97 Å². The zero-order valence-corrected chi connectivity index (χ0v) is 17.6. The summed E-state index contributed by atoms with van der Waals surface area (Å²) in [4.78, 5) is 42.6. The van der Waals surface area contributed by atoms with Crippen molar-refractivity contribution < 1.29 is 14.3 Å². The van der Waals surface area contributed by atoms with Crippen LogP contribution < -0.4 is 10.9 Å². The van der Waals surface area contributed by atoms with Crippen LogP contribution in [-0.2, 0) is 28.9 Å². The van der Waals surface area contributed by atoms with Crippen LogP contribution in [0.2, 0.25) is 0 Å². The number of thiophene rings is 1. The maximum absolute atomic E-state index is 12.7. The second-order valence-corrected chi connectivity index (χ2v) is 8.34. The van der Waals surface area contributed by atoms with E-state index in [4.69, 9.17) is 4.74 Å². The van der Waals surface area contributed by atoms with Crippen LogP contribution in [0, 0.1) is 6.92 Å². The molecule has 0 saturated heterocycles. The Kier molecular flexibility index (Phi) is 5.94. The molecule has 30 heavy (non-hydrogen) atoms. The minimum absolute atomic E-state index is 0.101. The third-order valence-corrected chi connectivity index (χ3v) is 6.40. The Morgan fingerprint density at radius 3 is 2.87 bits per heavy atom. The third kappa shape index (κ3) is 4.14. The van der Waals surface area contributed by atoms with Gasteiger partial charge in [-0.3, -0.25) is 14.2 Å². The van der Waals surface area contributed by atoms with Crippen LogP contribution in [0.3, 0.4) is 0 Å². The molecule has 156 valence electrons. The van der Waals surface area contributed by atoms with E-state index in [1.807, 2.05) is 30.3 Å². The Morgan fingerprint density at radius 2 is 2.07 bits per heavy atom. The van der Waals surface area contributed by atoms with Crippen LogP contribution in [-0.4, -0.2) is 34.6 Å². The fourth-order valence-corrected chi connectivity index (χ4v) is 4.77. The smallest absolute Gasteiger partial charge is 0.349 e. The van der Waals surface area contributed by atoms with Crippen LogP contribution in [0.5, 0.6) is 0 Å². The zero-order chi connectivity index (χ0) is 21.1. The Hall–Kier alpha value is -3.00. The number of rotatable bonds is 7. The highest BCUT2D eigenvalue weighted by atomic mass is 32.1. The van der Waals surface area contributed by atoms with Gasteiger partial charge in [0.15, 0.2) is 6.61 Å². The molecule has 3 aromatic rings. The average molecular weight is 426 g/mol. The van der Waals surface area contributed by atoms with Gasteiger partial charge >= 0.3 is 5.97 Å². The van der Waals surface area contributed by atoms with Gasteiger partial charge in [0.05, 0.1) is 5.39 Å². The lowest BCUT2D eigenvalue weighted by molar-refractivity contribution is -0.124. The number of hydrogen-bond acceptors (Lipinski definition) is 6. The highest BCUT2D eigenvalue weighted by molar-refractivity contribution is 7.20. The first-order valence-electron chi connectivity index (χ1n) is 10.0. The van der Waals surface area contributed by atoms with E-state index >= 15 is 0 Å². The molecule has 0 spiro atoms. The molecule has 7 nitrogen and oxygen atoms in total. The van der Waals surface area contributed by atoms with Gasteiger partial charge in [0.25, 0.3) is 11.5 Å². The Labute approximate surface area is 177 Å². The summed E-state index contributed by atoms with van der Waals surface area (Å²) in [6, 6.07) is 10.0. The van der Waals surface area contributed by atoms with Crippen molar-refractivity contribution in [3.63, 3.8) is 0 Å². The van der Waals surface area contributed by atoms with E-state index in [-0.39, 0.29) is 18.1 Å². The SMILES string of the molecule is Cc1c(C(=O)OCC(=O)NCCCc2ccccc2)sc2nc3n(c(=O)c12)CCC3. The second-order valence-electron chi connectivity index (χ2n) is 7.34. The van der Waals surface area contributed by atoms with Crippen molar-refractivity contribution in [3.8, 4) is 0 Å². The molecule has 0 unspecified atom stereocenters. The van der Waals surface area contributed by atoms with Crippen molar-refractivity contribution in [2.45, 2.75) is 39.2 Å². The molecule has 4 rings (SSSR count). The highest BCUT2D eigenvalue weighted by Gasteiger charge is 2.24. The molecule has 8 heteroatoms. The monoisotopic (exact) mass is 425 g/mol. The molecule has 1 amide bonds. The molecule has 1 N–H and O–H groups in total. The Morgan fingerprint density at radius 1 is 1.27 bits per heavy atom. The molecule has 0 atom stereocenters. The van der Waals surface area contributed by atoms with E-state index in [1.165, 1.54) is 5.56 Å². The second kappa shape index (κ2) is 8.79. The number of aromatic nitrogens is 2. The molecule has 2 aromatic heterocycles. The van der Waals surface area contributed by atoms with E-state index in [9.17, 15) is 14.4 Å². The number of aryl methyl sites for hydroxylation is 3. The standard InChI is InChI=1S/C22H23N3O4S/c1-14-18-20(24-16-10-6-12-25(16)21(18)27)30-19(14)22(28)29-13-17(26)23-11-5-9-15-7-3-2-4-8-15/h2-4,7-8H,5-6,9-13H2,1H3,(H,23,26). The molecule has 0 fully saturated rings. The first-order chi connectivity index (χ1) is 14.5. The van der Waals surface area contributed by atoms with Gasteiger partial charge in [-0.05, 0) is 37.3 Å². The molecular weight excluding hydrogens is 402 g/mol. The normalized spacial score (nSPS) is 12.7. The summed E-state index contributed by atoms with van der Waals surface area (Å²) in [5.41, 5.74) is 1.69. The number of fused-ring (bicyclic) bond motifs is 2. The summed E-state index contributed by atoms with van der Waals surface area (Å²) in [7, 11) is 0. The quantitative estimate of drug-likeness (QED) is 0.464. The molecule has 0 saturated carbocycles. The molecular formula is C22H23N3O4S. The minimum atomic E-state index is -0.598. The number of hydrogen-bond donors (Lipinski definition) is 1. The van der Waals surface area contributed by atoms with Crippen molar-refractivity contribution in [2.75, 3.05) is 13.2 Å². The fraction of sp³-hybridized carbons (Fsp3) is 0.364. The van der Waals surface area contributed by atoms with Gasteiger partial charge in [-0.25, -0.2) is 9.78 Å². The van der Waals surface area contributed by atoms with Crippen molar-refractivity contribution in [1.82, 2.24) is 14.9 Å². The predicted molar refractivity (Wildman–Crippen MR) is 115 cm³/mol. The number of nitrogens with one attached hydrogen (secondary N) is 1. The summed E-state index contributed by atoms with van der Waals surface area (Å²) < 4.78 is 6.86. The molecule has 1 aliphatic rings. The molecule has 0 bridgehead atoms. The number of carbonyl (C=O) groups is 2. The lowest BCUT2D eigenvalue weighted by Gasteiger charge is -2.06. The number of nitrogens with zero attached hydrogens (tertiary/aromatic N) is 2. The maximum atomic E-state index is 12.7. The highest BCUT2D eigenvalue weighted by Crippen LogP contribution is 2.29. The molecule has 0 radical (unpaired) electrons. The van der Waals surface area contributed by atoms with Gasteiger partial charge in [0.2, 0.25) is 0 Å². The summed E-state index contributed by atoms with van der Waals surface area (Å²) >= 11 is 1.15. The maximum Gasteiger partial charge on any atom is 0.349 e. The van der Waals surface area contributed by atoms with E-state index in [0.717, 1.165) is 42.8 Å². The van der Waals surface area contributed by atoms with Crippen molar-refractivity contribution >= 4 is 33.4 Å². The first-order valence-corrected chi connectivity index (χ1v) is 10.9. The van der Waals surface area contributed by atoms with Gasteiger partial charge in [-0.2, -0.15) is 0 Å². The number of benzene rings is 1. The number of ether oxygens (including phenoxy) is 1. The van der Waals surface area contributed by atoms with Gasteiger partial charge in [-0.15, -0.1) is 11.3 Å². The van der Waals surface area contributed by atoms with Crippen molar-refractivity contribution in [2.24, 2.45) is 0 Å². The van der Waals surface area contributed by atoms with E-state index in [1.54, 1.807) is 11.5 Å². The number of esters is 1. The van der Waals surface area contributed by atoms with Crippen LogP contribution >= 0.6 is 11.3 Å². The number of carbonyl (C=O) groups excluding carboxylic acids is 2. The molecule has 3 heterocycles.